The smallest absolute Gasteiger partial charge is 0.252 e. The van der Waals surface area contributed by atoms with Crippen LogP contribution in [0.3, 0.4) is 0 Å². The number of nitrogens with zero attached hydrogens (tertiary/aromatic N) is 5. The topological polar surface area (TPSA) is 77.6 Å². The zero-order valence-corrected chi connectivity index (χ0v) is 17.8. The number of fused-ring (bicyclic) bond motifs is 1. The molecule has 0 bridgehead atoms. The second kappa shape index (κ2) is 7.79. The molecule has 4 heterocycles. The number of pyridine rings is 1. The first-order valence-corrected chi connectivity index (χ1v) is 10.5. The van der Waals surface area contributed by atoms with Crippen LogP contribution >= 0.6 is 11.3 Å². The summed E-state index contributed by atoms with van der Waals surface area (Å²) in [5, 5.41) is 14.8. The maximum atomic E-state index is 13.1. The van der Waals surface area contributed by atoms with E-state index < -0.39 is 0 Å². The van der Waals surface area contributed by atoms with Gasteiger partial charge in [-0.15, -0.1) is 11.3 Å². The van der Waals surface area contributed by atoms with Gasteiger partial charge in [-0.2, -0.15) is 10.2 Å². The SMILES string of the molecule is Cc1ccn(C[C@@H](C)CNC(=O)c2cc(-c3cccs3)nc3c2c(C)nn3C)n1. The van der Waals surface area contributed by atoms with E-state index in [0.29, 0.717) is 12.1 Å². The van der Waals surface area contributed by atoms with Gasteiger partial charge in [-0.05, 0) is 43.3 Å². The average molecular weight is 409 g/mol. The molecule has 0 aliphatic rings. The van der Waals surface area contributed by atoms with Crippen LogP contribution in [0.25, 0.3) is 21.6 Å². The Kier molecular flexibility index (Phi) is 5.19. The van der Waals surface area contributed by atoms with E-state index in [9.17, 15) is 4.79 Å². The lowest BCUT2D eigenvalue weighted by molar-refractivity contribution is 0.0948. The van der Waals surface area contributed by atoms with Crippen LogP contribution in [-0.4, -0.2) is 37.0 Å². The van der Waals surface area contributed by atoms with Crippen molar-refractivity contribution < 1.29 is 4.79 Å². The van der Waals surface area contributed by atoms with Crippen LogP contribution in [0.4, 0.5) is 0 Å². The fourth-order valence-electron chi connectivity index (χ4n) is 3.49. The Hall–Kier alpha value is -3.00. The quantitative estimate of drug-likeness (QED) is 0.529. The third-order valence-electron chi connectivity index (χ3n) is 4.87. The van der Waals surface area contributed by atoms with Gasteiger partial charge in [0.1, 0.15) is 0 Å². The van der Waals surface area contributed by atoms with Gasteiger partial charge in [0.15, 0.2) is 5.65 Å². The Balaban J connectivity index is 1.59. The van der Waals surface area contributed by atoms with E-state index in [4.69, 9.17) is 4.98 Å². The van der Waals surface area contributed by atoms with E-state index in [-0.39, 0.29) is 11.8 Å². The number of carbonyl (C=O) groups excluding carboxylic acids is 1. The van der Waals surface area contributed by atoms with Gasteiger partial charge >= 0.3 is 0 Å². The van der Waals surface area contributed by atoms with Crippen molar-refractivity contribution in [2.24, 2.45) is 13.0 Å². The van der Waals surface area contributed by atoms with E-state index in [1.807, 2.05) is 61.4 Å². The standard InChI is InChI=1S/C21H24N6OS/c1-13(12-27-8-7-14(2)24-27)11-22-21(28)16-10-17(18-6-5-9-29-18)23-20-19(16)15(3)25-26(20)4/h5-10,13H,11-12H2,1-4H3,(H,22,28)/t13-/m0/s1. The van der Waals surface area contributed by atoms with Gasteiger partial charge < -0.3 is 5.32 Å². The lowest BCUT2D eigenvalue weighted by atomic mass is 10.1. The van der Waals surface area contributed by atoms with Crippen molar-refractivity contribution in [1.29, 1.82) is 0 Å². The summed E-state index contributed by atoms with van der Waals surface area (Å²) in [4.78, 5) is 18.9. The van der Waals surface area contributed by atoms with Crippen LogP contribution in [0.1, 0.15) is 28.7 Å². The molecule has 0 radical (unpaired) electrons. The molecule has 4 aromatic heterocycles. The molecule has 4 rings (SSSR count). The highest BCUT2D eigenvalue weighted by Gasteiger charge is 2.20. The molecule has 29 heavy (non-hydrogen) atoms. The zero-order chi connectivity index (χ0) is 20.5. The number of aryl methyl sites for hydroxylation is 3. The minimum absolute atomic E-state index is 0.102. The highest BCUT2D eigenvalue weighted by atomic mass is 32.1. The molecule has 0 saturated carbocycles. The highest BCUT2D eigenvalue weighted by Crippen LogP contribution is 2.29. The number of nitrogens with one attached hydrogen (secondary N) is 1. The average Bonchev–Trinajstić information content (AvgIpc) is 3.41. The molecule has 0 unspecified atom stereocenters. The first-order chi connectivity index (χ1) is 13.9. The van der Waals surface area contributed by atoms with Gasteiger partial charge in [0.25, 0.3) is 5.91 Å². The first kappa shape index (κ1) is 19.3. The predicted octanol–water partition coefficient (Wildman–Crippen LogP) is 3.58. The van der Waals surface area contributed by atoms with Crippen LogP contribution < -0.4 is 5.32 Å². The molecule has 150 valence electrons. The van der Waals surface area contributed by atoms with E-state index in [2.05, 4.69) is 22.4 Å². The van der Waals surface area contributed by atoms with E-state index >= 15 is 0 Å². The van der Waals surface area contributed by atoms with Crippen LogP contribution in [0.15, 0.2) is 35.8 Å². The van der Waals surface area contributed by atoms with E-state index in [0.717, 1.165) is 39.5 Å². The van der Waals surface area contributed by atoms with Crippen LogP contribution in [0, 0.1) is 19.8 Å². The summed E-state index contributed by atoms with van der Waals surface area (Å²) >= 11 is 1.61. The number of amides is 1. The predicted molar refractivity (Wildman–Crippen MR) is 115 cm³/mol. The van der Waals surface area contributed by atoms with Crippen LogP contribution in [-0.2, 0) is 13.6 Å². The van der Waals surface area contributed by atoms with E-state index in [1.165, 1.54) is 0 Å². The Morgan fingerprint density at radius 1 is 1.28 bits per heavy atom. The largest absolute Gasteiger partial charge is 0.352 e. The number of carbonyl (C=O) groups is 1. The molecule has 7 nitrogen and oxygen atoms in total. The second-order valence-electron chi connectivity index (χ2n) is 7.43. The molecule has 0 aliphatic carbocycles. The van der Waals surface area contributed by atoms with Crippen molar-refractivity contribution in [3.63, 3.8) is 0 Å². The van der Waals surface area contributed by atoms with Crippen molar-refractivity contribution >= 4 is 28.3 Å². The van der Waals surface area contributed by atoms with Gasteiger partial charge in [-0.1, -0.05) is 13.0 Å². The van der Waals surface area contributed by atoms with Crippen LogP contribution in [0.2, 0.25) is 0 Å². The normalized spacial score (nSPS) is 12.4. The zero-order valence-electron chi connectivity index (χ0n) is 17.0. The molecule has 1 N–H and O–H groups in total. The molecule has 4 aromatic rings. The summed E-state index contributed by atoms with van der Waals surface area (Å²) < 4.78 is 3.65. The number of rotatable bonds is 6. The molecule has 0 aromatic carbocycles. The Morgan fingerprint density at radius 3 is 2.79 bits per heavy atom. The summed E-state index contributed by atoms with van der Waals surface area (Å²) in [5.74, 6) is 0.150. The molecule has 0 spiro atoms. The molecule has 0 saturated heterocycles. The fraction of sp³-hybridized carbons (Fsp3) is 0.333. The van der Waals surface area contributed by atoms with Gasteiger partial charge in [-0.3, -0.25) is 14.2 Å². The third-order valence-corrected chi connectivity index (χ3v) is 5.76. The summed E-state index contributed by atoms with van der Waals surface area (Å²) in [6.45, 7) is 7.31. The molecule has 1 atom stereocenters. The summed E-state index contributed by atoms with van der Waals surface area (Å²) in [7, 11) is 1.86. The van der Waals surface area contributed by atoms with Crippen molar-refractivity contribution in [2.75, 3.05) is 6.54 Å². The maximum absolute atomic E-state index is 13.1. The first-order valence-electron chi connectivity index (χ1n) is 9.59. The van der Waals surface area contributed by atoms with Gasteiger partial charge in [0.2, 0.25) is 0 Å². The summed E-state index contributed by atoms with van der Waals surface area (Å²) in [6, 6.07) is 7.85. The van der Waals surface area contributed by atoms with Crippen molar-refractivity contribution in [3.8, 4) is 10.6 Å². The number of thiophene rings is 1. The number of hydrogen-bond acceptors (Lipinski definition) is 5. The minimum Gasteiger partial charge on any atom is -0.352 e. The van der Waals surface area contributed by atoms with Crippen molar-refractivity contribution in [3.05, 3.63) is 52.8 Å². The maximum Gasteiger partial charge on any atom is 0.252 e. The Bertz CT molecular complexity index is 1160. The van der Waals surface area contributed by atoms with Crippen molar-refractivity contribution in [1.82, 2.24) is 29.9 Å². The summed E-state index contributed by atoms with van der Waals surface area (Å²) in [6.07, 6.45) is 1.96. The molecular weight excluding hydrogens is 384 g/mol. The number of hydrogen-bond donors (Lipinski definition) is 1. The second-order valence-corrected chi connectivity index (χ2v) is 8.38. The van der Waals surface area contributed by atoms with Crippen LogP contribution in [0.5, 0.6) is 0 Å². The molecule has 0 fully saturated rings. The molecule has 8 heteroatoms. The lowest BCUT2D eigenvalue weighted by Crippen LogP contribution is -2.30. The van der Waals surface area contributed by atoms with E-state index in [1.54, 1.807) is 16.0 Å². The summed E-state index contributed by atoms with van der Waals surface area (Å²) in [5.41, 5.74) is 3.93. The van der Waals surface area contributed by atoms with Crippen molar-refractivity contribution in [2.45, 2.75) is 27.3 Å². The van der Waals surface area contributed by atoms with Gasteiger partial charge in [0.05, 0.1) is 32.9 Å². The molecular formula is C21H24N6OS. The van der Waals surface area contributed by atoms with Gasteiger partial charge in [0, 0.05) is 26.3 Å². The highest BCUT2D eigenvalue weighted by molar-refractivity contribution is 7.13. The lowest BCUT2D eigenvalue weighted by Gasteiger charge is -2.14. The Morgan fingerprint density at radius 2 is 2.10 bits per heavy atom. The molecule has 1 amide bonds. The monoisotopic (exact) mass is 408 g/mol. The Labute approximate surface area is 173 Å². The van der Waals surface area contributed by atoms with Gasteiger partial charge in [-0.25, -0.2) is 4.98 Å². The number of aromatic nitrogens is 5. The third kappa shape index (κ3) is 3.93. The fourth-order valence-corrected chi connectivity index (χ4v) is 4.17. The molecule has 0 aliphatic heterocycles. The minimum atomic E-state index is -0.102.